The van der Waals surface area contributed by atoms with Gasteiger partial charge in [0.05, 0.1) is 4.92 Å². The fraction of sp³-hybridized carbons (Fsp3) is 0.643. The molecule has 7 nitrogen and oxygen atoms in total. The third kappa shape index (κ3) is 4.07. The zero-order valence-corrected chi connectivity index (χ0v) is 20.8. The van der Waals surface area contributed by atoms with E-state index >= 15 is 0 Å². The molecule has 0 N–H and O–H groups in total. The zero-order valence-electron chi connectivity index (χ0n) is 20.8. The van der Waals surface area contributed by atoms with Gasteiger partial charge in [-0.1, -0.05) is 25.5 Å². The number of ketones is 1. The van der Waals surface area contributed by atoms with Gasteiger partial charge in [-0.25, -0.2) is 4.79 Å². The number of nitro benzene ring substituents is 1. The predicted molar refractivity (Wildman–Crippen MR) is 130 cm³/mol. The fourth-order valence-corrected chi connectivity index (χ4v) is 8.29. The molecule has 7 heteroatoms. The fourth-order valence-electron chi connectivity index (χ4n) is 8.29. The largest absolute Gasteiger partial charge is 0.514 e. The SMILES string of the molecule is CC(=O)[C@H]1CC[C@H]2[C@@H]3CC=C4CC(OC(=O)Oc5ccc([N+](=O)[O-])cc5)CC[C@]4(C)[C@H]3CC[C@]12C. The first kappa shape index (κ1) is 24.0. The number of carbonyl (C=O) groups excluding carboxylic acids is 2. The molecule has 3 saturated carbocycles. The summed E-state index contributed by atoms with van der Waals surface area (Å²) >= 11 is 0. The lowest BCUT2D eigenvalue weighted by atomic mass is 9.47. The first-order valence-corrected chi connectivity index (χ1v) is 12.9. The molecule has 5 rings (SSSR count). The molecule has 0 radical (unpaired) electrons. The number of nitrogens with zero attached hydrogens (tertiary/aromatic N) is 1. The van der Waals surface area contributed by atoms with Crippen LogP contribution >= 0.6 is 0 Å². The minimum absolute atomic E-state index is 0.0581. The van der Waals surface area contributed by atoms with Crippen molar-refractivity contribution in [2.24, 2.45) is 34.5 Å². The van der Waals surface area contributed by atoms with E-state index in [9.17, 15) is 19.7 Å². The molecule has 1 aromatic rings. The molecular weight excluding hydrogens is 446 g/mol. The highest BCUT2D eigenvalue weighted by Crippen LogP contribution is 2.66. The molecule has 0 saturated heterocycles. The van der Waals surface area contributed by atoms with Gasteiger partial charge in [0.2, 0.25) is 0 Å². The Labute approximate surface area is 206 Å². The standard InChI is InChI=1S/C28H35NO6/c1-17(30)23-10-11-24-22-9-4-18-16-21(12-14-27(18,2)25(22)13-15-28(23,24)3)35-26(31)34-20-7-5-19(6-8-20)29(32)33/h4-8,21-25H,9-16H2,1-3H3/t21?,22-,23+,24-,25-,27-,28+/m0/s1. The van der Waals surface area contributed by atoms with E-state index in [1.165, 1.54) is 42.7 Å². The van der Waals surface area contributed by atoms with Crippen LogP contribution in [0.3, 0.4) is 0 Å². The normalized spacial score (nSPS) is 37.8. The molecule has 0 aromatic heterocycles. The highest BCUT2D eigenvalue weighted by atomic mass is 16.7. The van der Waals surface area contributed by atoms with Crippen LogP contribution in [0.2, 0.25) is 0 Å². The maximum absolute atomic E-state index is 12.4. The van der Waals surface area contributed by atoms with E-state index in [4.69, 9.17) is 9.47 Å². The van der Waals surface area contributed by atoms with E-state index in [1.807, 2.05) is 0 Å². The van der Waals surface area contributed by atoms with Gasteiger partial charge in [-0.05, 0) is 92.6 Å². The van der Waals surface area contributed by atoms with Crippen molar-refractivity contribution in [3.63, 3.8) is 0 Å². The molecule has 1 unspecified atom stereocenters. The minimum atomic E-state index is -0.767. The van der Waals surface area contributed by atoms with Gasteiger partial charge < -0.3 is 9.47 Å². The molecule has 4 aliphatic carbocycles. The van der Waals surface area contributed by atoms with Crippen molar-refractivity contribution in [2.75, 3.05) is 0 Å². The average Bonchev–Trinajstić information content (AvgIpc) is 3.17. The number of rotatable bonds is 4. The second-order valence-electron chi connectivity index (χ2n) is 11.6. The molecule has 4 aliphatic rings. The van der Waals surface area contributed by atoms with Crippen LogP contribution in [0, 0.1) is 44.6 Å². The number of allylic oxidation sites excluding steroid dienone is 1. The van der Waals surface area contributed by atoms with Crippen LogP contribution in [0.15, 0.2) is 35.9 Å². The maximum Gasteiger partial charge on any atom is 0.514 e. The van der Waals surface area contributed by atoms with Crippen molar-refractivity contribution in [3.8, 4) is 5.75 Å². The van der Waals surface area contributed by atoms with Gasteiger partial charge in [-0.15, -0.1) is 0 Å². The Morgan fingerprint density at radius 1 is 1.03 bits per heavy atom. The van der Waals surface area contributed by atoms with Crippen molar-refractivity contribution >= 4 is 17.6 Å². The van der Waals surface area contributed by atoms with Crippen molar-refractivity contribution in [1.82, 2.24) is 0 Å². The number of non-ortho nitro benzene ring substituents is 1. The third-order valence-corrected chi connectivity index (χ3v) is 10.1. The predicted octanol–water partition coefficient (Wildman–Crippen LogP) is 6.65. The molecule has 0 bridgehead atoms. The first-order chi connectivity index (χ1) is 16.6. The molecule has 0 amide bonds. The molecule has 188 valence electrons. The Morgan fingerprint density at radius 3 is 2.46 bits per heavy atom. The quantitative estimate of drug-likeness (QED) is 0.157. The molecule has 3 fully saturated rings. The first-order valence-electron chi connectivity index (χ1n) is 12.9. The van der Waals surface area contributed by atoms with Crippen LogP contribution < -0.4 is 4.74 Å². The number of hydrogen-bond acceptors (Lipinski definition) is 6. The second-order valence-corrected chi connectivity index (χ2v) is 11.6. The van der Waals surface area contributed by atoms with Gasteiger partial charge in [0, 0.05) is 24.5 Å². The summed E-state index contributed by atoms with van der Waals surface area (Å²) in [5.74, 6) is 2.69. The summed E-state index contributed by atoms with van der Waals surface area (Å²) in [4.78, 5) is 35.0. The van der Waals surface area contributed by atoms with Gasteiger partial charge >= 0.3 is 6.16 Å². The average molecular weight is 482 g/mol. The van der Waals surface area contributed by atoms with Crippen molar-refractivity contribution in [3.05, 3.63) is 46.0 Å². The lowest BCUT2D eigenvalue weighted by Gasteiger charge is -2.58. The van der Waals surface area contributed by atoms with E-state index in [0.29, 0.717) is 23.5 Å². The summed E-state index contributed by atoms with van der Waals surface area (Å²) in [6.45, 7) is 6.55. The summed E-state index contributed by atoms with van der Waals surface area (Å²) in [6.07, 6.45) is 9.49. The van der Waals surface area contributed by atoms with Gasteiger partial charge in [0.15, 0.2) is 0 Å². The van der Waals surface area contributed by atoms with E-state index in [2.05, 4.69) is 19.9 Å². The molecule has 0 spiro atoms. The summed E-state index contributed by atoms with van der Waals surface area (Å²) in [6, 6.07) is 5.40. The highest BCUT2D eigenvalue weighted by molar-refractivity contribution is 5.79. The van der Waals surface area contributed by atoms with Gasteiger partial charge in [-0.3, -0.25) is 14.9 Å². The number of ether oxygens (including phenoxy) is 2. The molecule has 1 aromatic carbocycles. The van der Waals surface area contributed by atoms with Crippen LogP contribution in [0.4, 0.5) is 10.5 Å². The molecule has 35 heavy (non-hydrogen) atoms. The van der Waals surface area contributed by atoms with Crippen LogP contribution in [0.1, 0.15) is 72.1 Å². The number of carbonyl (C=O) groups is 2. The molecular formula is C28H35NO6. The van der Waals surface area contributed by atoms with Gasteiger partial charge in [0.25, 0.3) is 5.69 Å². The van der Waals surface area contributed by atoms with Crippen LogP contribution in [-0.4, -0.2) is 23.0 Å². The lowest BCUT2D eigenvalue weighted by Crippen LogP contribution is -2.51. The number of nitro groups is 1. The van der Waals surface area contributed by atoms with Crippen LogP contribution in [0.25, 0.3) is 0 Å². The van der Waals surface area contributed by atoms with Crippen molar-refractivity contribution in [1.29, 1.82) is 0 Å². The topological polar surface area (TPSA) is 95.7 Å². The van der Waals surface area contributed by atoms with Crippen LogP contribution in [-0.2, 0) is 9.53 Å². The van der Waals surface area contributed by atoms with Crippen molar-refractivity contribution in [2.45, 2.75) is 78.2 Å². The van der Waals surface area contributed by atoms with Crippen molar-refractivity contribution < 1.29 is 24.0 Å². The smallest absolute Gasteiger partial charge is 0.430 e. The van der Waals surface area contributed by atoms with E-state index < -0.39 is 11.1 Å². The summed E-state index contributed by atoms with van der Waals surface area (Å²) in [5, 5.41) is 10.8. The highest BCUT2D eigenvalue weighted by Gasteiger charge is 2.59. The summed E-state index contributed by atoms with van der Waals surface area (Å²) < 4.78 is 10.9. The van der Waals surface area contributed by atoms with E-state index in [1.54, 1.807) is 6.92 Å². The summed E-state index contributed by atoms with van der Waals surface area (Å²) in [7, 11) is 0. The Hall–Kier alpha value is -2.70. The maximum atomic E-state index is 12.4. The molecule has 0 aliphatic heterocycles. The third-order valence-electron chi connectivity index (χ3n) is 10.1. The molecule has 7 atom stereocenters. The monoisotopic (exact) mass is 481 g/mol. The Bertz CT molecular complexity index is 1060. The van der Waals surface area contributed by atoms with Gasteiger partial charge in [0.1, 0.15) is 17.6 Å². The second kappa shape index (κ2) is 8.75. The van der Waals surface area contributed by atoms with E-state index in [-0.39, 0.29) is 34.3 Å². The Morgan fingerprint density at radius 2 is 1.77 bits per heavy atom. The van der Waals surface area contributed by atoms with Gasteiger partial charge in [-0.2, -0.15) is 0 Å². The van der Waals surface area contributed by atoms with Crippen LogP contribution in [0.5, 0.6) is 5.75 Å². The summed E-state index contributed by atoms with van der Waals surface area (Å²) in [5.41, 5.74) is 1.62. The number of Topliss-reactive ketones (excluding diaryl/α,β-unsaturated/α-hetero) is 1. The Balaban J connectivity index is 1.24. The number of benzene rings is 1. The number of hydrogen-bond donors (Lipinski definition) is 0. The minimum Gasteiger partial charge on any atom is -0.430 e. The number of fused-ring (bicyclic) bond motifs is 5. The lowest BCUT2D eigenvalue weighted by molar-refractivity contribution is -0.384. The Kier molecular flexibility index (Phi) is 6.01. The molecule has 0 heterocycles. The zero-order chi connectivity index (χ0) is 25.0. The van der Waals surface area contributed by atoms with E-state index in [0.717, 1.165) is 38.5 Å².